The molecule has 13 heteroatoms. The molecule has 10 nitrogen and oxygen atoms in total. The van der Waals surface area contributed by atoms with Crippen LogP contribution >= 0.6 is 0 Å². The van der Waals surface area contributed by atoms with Crippen molar-refractivity contribution in [3.8, 4) is 5.75 Å². The number of amides is 3. The summed E-state index contributed by atoms with van der Waals surface area (Å²) in [4.78, 5) is 43.7. The summed E-state index contributed by atoms with van der Waals surface area (Å²) in [5, 5.41) is 13.4. The van der Waals surface area contributed by atoms with Gasteiger partial charge in [0.2, 0.25) is 5.91 Å². The van der Waals surface area contributed by atoms with Crippen molar-refractivity contribution >= 4 is 31.9 Å². The Morgan fingerprint density at radius 1 is 1.04 bits per heavy atom. The zero-order chi connectivity index (χ0) is 37.9. The van der Waals surface area contributed by atoms with Crippen molar-refractivity contribution in [3.63, 3.8) is 0 Å². The molecular weight excluding hydrogens is 677 g/mol. The van der Waals surface area contributed by atoms with Gasteiger partial charge in [-0.3, -0.25) is 14.5 Å². The second kappa shape index (κ2) is 16.0. The van der Waals surface area contributed by atoms with E-state index in [0.29, 0.717) is 38.1 Å². The SMILES string of the molecule is CCCO[C@@H]1C[C@@H]([C@@H](O[Si](C)(C)C(C)(C)C)[C@H](Cc2cc(F)cc(F)c2)NC(=O)c2cc(O)cc(N3CCCC3=O)c2)N(C(=O)OC(C)(C)C)C1. The van der Waals surface area contributed by atoms with Gasteiger partial charge in [0.15, 0.2) is 8.32 Å². The normalized spacial score (nSPS) is 19.7. The molecule has 0 bridgehead atoms. The molecule has 3 amide bonds. The zero-order valence-electron chi connectivity index (χ0n) is 31.5. The van der Waals surface area contributed by atoms with Gasteiger partial charge in [0, 0.05) is 43.0 Å². The lowest BCUT2D eigenvalue weighted by atomic mass is 9.94. The van der Waals surface area contributed by atoms with Crippen molar-refractivity contribution < 1.29 is 42.2 Å². The number of carbonyl (C=O) groups is 3. The smallest absolute Gasteiger partial charge is 0.410 e. The molecule has 0 spiro atoms. The number of anilines is 1. The first-order valence-corrected chi connectivity index (χ1v) is 20.8. The molecule has 2 aliphatic heterocycles. The number of phenolic OH excluding ortho intramolecular Hbond substituents is 1. The average molecular weight is 732 g/mol. The highest BCUT2D eigenvalue weighted by Crippen LogP contribution is 2.40. The minimum atomic E-state index is -2.67. The molecule has 282 valence electrons. The number of ether oxygens (including phenoxy) is 2. The lowest BCUT2D eigenvalue weighted by Gasteiger charge is -2.45. The van der Waals surface area contributed by atoms with Crippen LogP contribution in [0.5, 0.6) is 5.75 Å². The molecule has 2 saturated heterocycles. The number of phenols is 1. The van der Waals surface area contributed by atoms with Crippen molar-refractivity contribution in [3.05, 3.63) is 59.2 Å². The summed E-state index contributed by atoms with van der Waals surface area (Å²) in [5.74, 6) is -2.43. The average Bonchev–Trinajstić information content (AvgIpc) is 3.62. The minimum absolute atomic E-state index is 0.0465. The highest BCUT2D eigenvalue weighted by atomic mass is 28.4. The third kappa shape index (κ3) is 10.5. The number of nitrogens with one attached hydrogen (secondary N) is 1. The van der Waals surface area contributed by atoms with Gasteiger partial charge >= 0.3 is 6.09 Å². The van der Waals surface area contributed by atoms with Crippen LogP contribution in [0.4, 0.5) is 19.3 Å². The summed E-state index contributed by atoms with van der Waals surface area (Å²) < 4.78 is 48.4. The lowest BCUT2D eigenvalue weighted by Crippen LogP contribution is -2.60. The topological polar surface area (TPSA) is 118 Å². The van der Waals surface area contributed by atoms with E-state index in [4.69, 9.17) is 13.9 Å². The van der Waals surface area contributed by atoms with Crippen molar-refractivity contribution in [2.75, 3.05) is 24.6 Å². The quantitative estimate of drug-likeness (QED) is 0.220. The van der Waals surface area contributed by atoms with Crippen LogP contribution in [0.2, 0.25) is 18.1 Å². The van der Waals surface area contributed by atoms with E-state index < -0.39 is 55.7 Å². The Hall–Kier alpha value is -3.55. The number of rotatable bonds is 12. The van der Waals surface area contributed by atoms with E-state index in [9.17, 15) is 28.3 Å². The Labute approximate surface area is 301 Å². The van der Waals surface area contributed by atoms with E-state index in [2.05, 4.69) is 39.2 Å². The minimum Gasteiger partial charge on any atom is -0.508 e. The molecular formula is C38H55F2N3O7Si. The molecule has 0 aliphatic carbocycles. The van der Waals surface area contributed by atoms with E-state index in [1.54, 1.807) is 25.7 Å². The predicted octanol–water partition coefficient (Wildman–Crippen LogP) is 7.33. The van der Waals surface area contributed by atoms with Crippen molar-refractivity contribution in [2.45, 2.75) is 129 Å². The monoisotopic (exact) mass is 731 g/mol. The number of aromatic hydroxyl groups is 1. The summed E-state index contributed by atoms with van der Waals surface area (Å²) in [6.45, 7) is 18.9. The van der Waals surface area contributed by atoms with Crippen LogP contribution in [-0.2, 0) is 25.1 Å². The summed E-state index contributed by atoms with van der Waals surface area (Å²) in [7, 11) is -2.67. The molecule has 0 saturated carbocycles. The highest BCUT2D eigenvalue weighted by molar-refractivity contribution is 6.74. The number of carbonyl (C=O) groups excluding carboxylic acids is 3. The molecule has 4 atom stereocenters. The Bertz CT molecular complexity index is 1560. The van der Waals surface area contributed by atoms with Gasteiger partial charge in [-0.2, -0.15) is 0 Å². The molecule has 0 radical (unpaired) electrons. The second-order valence-corrected chi connectivity index (χ2v) is 21.0. The zero-order valence-corrected chi connectivity index (χ0v) is 32.5. The summed E-state index contributed by atoms with van der Waals surface area (Å²) in [6.07, 6.45) is 0.347. The largest absolute Gasteiger partial charge is 0.508 e. The number of nitrogens with zero attached hydrogens (tertiary/aromatic N) is 2. The summed E-state index contributed by atoms with van der Waals surface area (Å²) in [6, 6.07) is 5.91. The maximum atomic E-state index is 14.6. The van der Waals surface area contributed by atoms with E-state index in [1.807, 2.05) is 6.92 Å². The number of hydrogen-bond donors (Lipinski definition) is 2. The van der Waals surface area contributed by atoms with Gasteiger partial charge in [-0.1, -0.05) is 27.7 Å². The van der Waals surface area contributed by atoms with Crippen molar-refractivity contribution in [1.82, 2.24) is 10.2 Å². The third-order valence-electron chi connectivity index (χ3n) is 9.75. The second-order valence-electron chi connectivity index (χ2n) is 16.2. The number of benzene rings is 2. The molecule has 2 aliphatic rings. The van der Waals surface area contributed by atoms with Crippen molar-refractivity contribution in [2.24, 2.45) is 0 Å². The Balaban J connectivity index is 1.84. The van der Waals surface area contributed by atoms with Crippen LogP contribution in [0.1, 0.15) is 90.1 Å². The first kappa shape index (κ1) is 40.2. The van der Waals surface area contributed by atoms with Crippen LogP contribution in [0.25, 0.3) is 0 Å². The fourth-order valence-corrected chi connectivity index (χ4v) is 7.66. The molecule has 2 fully saturated rings. The molecule has 0 aromatic heterocycles. The van der Waals surface area contributed by atoms with Gasteiger partial charge in [-0.05, 0) is 94.4 Å². The lowest BCUT2D eigenvalue weighted by molar-refractivity contribution is -0.117. The molecule has 2 N–H and O–H groups in total. The van der Waals surface area contributed by atoms with Gasteiger partial charge in [0.05, 0.1) is 30.8 Å². The van der Waals surface area contributed by atoms with Crippen molar-refractivity contribution in [1.29, 1.82) is 0 Å². The molecule has 4 rings (SSSR count). The summed E-state index contributed by atoms with van der Waals surface area (Å²) in [5.41, 5.74) is -0.0356. The van der Waals surface area contributed by atoms with Gasteiger partial charge in [0.1, 0.15) is 23.0 Å². The maximum absolute atomic E-state index is 14.6. The first-order valence-electron chi connectivity index (χ1n) is 17.9. The van der Waals surface area contributed by atoms with Crippen LogP contribution in [0, 0.1) is 11.6 Å². The maximum Gasteiger partial charge on any atom is 0.410 e. The number of likely N-dealkylation sites (tertiary alicyclic amines) is 1. The summed E-state index contributed by atoms with van der Waals surface area (Å²) >= 11 is 0. The number of halogens is 2. The fourth-order valence-electron chi connectivity index (χ4n) is 6.31. The van der Waals surface area contributed by atoms with Gasteiger partial charge < -0.3 is 29.2 Å². The van der Waals surface area contributed by atoms with Gasteiger partial charge in [-0.25, -0.2) is 13.6 Å². The van der Waals surface area contributed by atoms with E-state index in [0.717, 1.165) is 12.5 Å². The van der Waals surface area contributed by atoms with Crippen LogP contribution < -0.4 is 10.2 Å². The van der Waals surface area contributed by atoms with Crippen LogP contribution in [0.15, 0.2) is 36.4 Å². The third-order valence-corrected chi connectivity index (χ3v) is 14.2. The van der Waals surface area contributed by atoms with Gasteiger partial charge in [0.25, 0.3) is 5.91 Å². The molecule has 2 aromatic carbocycles. The standard InChI is InChI=1S/C38H55F2N3O7Si/c1-10-14-48-30-22-32(43(23-30)36(47)49-37(2,3)4)34(50-51(8,9)38(5,6)7)31(17-24-15-26(39)20-27(40)16-24)41-35(46)25-18-28(21-29(44)19-25)42-13-11-12-33(42)45/h15-16,18-21,30-32,34,44H,10-14,17,22-23H2,1-9H3,(H,41,46)/t30-,31+,32+,34+/m1/s1. The molecule has 2 aromatic rings. The Morgan fingerprint density at radius 2 is 1.71 bits per heavy atom. The molecule has 2 heterocycles. The highest BCUT2D eigenvalue weighted by Gasteiger charge is 2.49. The van der Waals surface area contributed by atoms with Gasteiger partial charge in [-0.15, -0.1) is 0 Å². The first-order chi connectivity index (χ1) is 23.7. The number of hydrogen-bond acceptors (Lipinski definition) is 7. The van der Waals surface area contributed by atoms with E-state index in [-0.39, 0.29) is 46.9 Å². The van der Waals surface area contributed by atoms with E-state index >= 15 is 0 Å². The predicted molar refractivity (Wildman–Crippen MR) is 194 cm³/mol. The van der Waals surface area contributed by atoms with Crippen LogP contribution in [-0.4, -0.2) is 85.8 Å². The fraction of sp³-hybridized carbons (Fsp3) is 0.605. The Kier molecular flexibility index (Phi) is 12.6. The van der Waals surface area contributed by atoms with Crippen LogP contribution in [0.3, 0.4) is 0 Å². The van der Waals surface area contributed by atoms with E-state index in [1.165, 1.54) is 35.2 Å². The molecule has 51 heavy (non-hydrogen) atoms. The molecule has 0 unspecified atom stereocenters. The Morgan fingerprint density at radius 3 is 2.27 bits per heavy atom.